The van der Waals surface area contributed by atoms with Crippen LogP contribution in [0.25, 0.3) is 0 Å². The van der Waals surface area contributed by atoms with Gasteiger partial charge < -0.3 is 10.2 Å². The van der Waals surface area contributed by atoms with Gasteiger partial charge >= 0.3 is 0 Å². The zero-order valence-corrected chi connectivity index (χ0v) is 15.4. The first-order valence-electron chi connectivity index (χ1n) is 8.68. The SMILES string of the molecule is CC(C)[C@H](NC(=O)CCc1ccc(N(C)C)cc1)c1ccc(F)cc1. The first kappa shape index (κ1) is 19.0. The smallest absolute Gasteiger partial charge is 0.220 e. The number of rotatable bonds is 7. The van der Waals surface area contributed by atoms with E-state index in [2.05, 4.69) is 29.6 Å². The van der Waals surface area contributed by atoms with Gasteiger partial charge in [-0.2, -0.15) is 0 Å². The van der Waals surface area contributed by atoms with Crippen molar-refractivity contribution in [3.05, 3.63) is 65.5 Å². The lowest BCUT2D eigenvalue weighted by atomic mass is 9.95. The fourth-order valence-electron chi connectivity index (χ4n) is 2.77. The molecule has 134 valence electrons. The summed E-state index contributed by atoms with van der Waals surface area (Å²) in [7, 11) is 4.01. The molecule has 0 saturated heterocycles. The molecule has 0 aliphatic carbocycles. The van der Waals surface area contributed by atoms with Crippen LogP contribution in [-0.2, 0) is 11.2 Å². The van der Waals surface area contributed by atoms with Crippen LogP contribution in [0.1, 0.15) is 37.4 Å². The molecular formula is C21H27FN2O. The van der Waals surface area contributed by atoms with Gasteiger partial charge in [-0.3, -0.25) is 4.79 Å². The Hall–Kier alpha value is -2.36. The molecule has 4 heteroatoms. The molecule has 2 rings (SSSR count). The third-order valence-electron chi connectivity index (χ3n) is 4.31. The van der Waals surface area contributed by atoms with Gasteiger partial charge in [0.2, 0.25) is 5.91 Å². The number of nitrogens with one attached hydrogen (secondary N) is 1. The predicted octanol–water partition coefficient (Wildman–Crippen LogP) is 4.34. The summed E-state index contributed by atoms with van der Waals surface area (Å²) in [6.07, 6.45) is 1.14. The first-order chi connectivity index (χ1) is 11.9. The fourth-order valence-corrected chi connectivity index (χ4v) is 2.77. The van der Waals surface area contributed by atoms with Gasteiger partial charge in [-0.05, 0) is 47.7 Å². The number of carbonyl (C=O) groups excluding carboxylic acids is 1. The quantitative estimate of drug-likeness (QED) is 0.812. The zero-order chi connectivity index (χ0) is 18.4. The normalized spacial score (nSPS) is 12.1. The van der Waals surface area contributed by atoms with E-state index in [0.717, 1.165) is 16.8 Å². The third-order valence-corrected chi connectivity index (χ3v) is 4.31. The van der Waals surface area contributed by atoms with E-state index in [-0.39, 0.29) is 23.7 Å². The van der Waals surface area contributed by atoms with E-state index in [9.17, 15) is 9.18 Å². The van der Waals surface area contributed by atoms with E-state index >= 15 is 0 Å². The number of anilines is 1. The minimum Gasteiger partial charge on any atom is -0.378 e. The lowest BCUT2D eigenvalue weighted by Gasteiger charge is -2.23. The molecule has 0 heterocycles. The van der Waals surface area contributed by atoms with Gasteiger partial charge in [0.1, 0.15) is 5.82 Å². The van der Waals surface area contributed by atoms with Crippen molar-refractivity contribution in [1.82, 2.24) is 5.32 Å². The summed E-state index contributed by atoms with van der Waals surface area (Å²) in [5, 5.41) is 3.08. The minimum atomic E-state index is -0.265. The number of carbonyl (C=O) groups is 1. The molecule has 0 bridgehead atoms. The topological polar surface area (TPSA) is 32.3 Å². The Morgan fingerprint density at radius 1 is 1.04 bits per heavy atom. The molecule has 25 heavy (non-hydrogen) atoms. The maximum absolute atomic E-state index is 13.1. The molecule has 0 saturated carbocycles. The second kappa shape index (κ2) is 8.65. The van der Waals surface area contributed by atoms with E-state index in [1.165, 1.54) is 12.1 Å². The Balaban J connectivity index is 1.94. The summed E-state index contributed by atoms with van der Waals surface area (Å²) >= 11 is 0. The van der Waals surface area contributed by atoms with Crippen LogP contribution in [0.2, 0.25) is 0 Å². The van der Waals surface area contributed by atoms with Crippen molar-refractivity contribution in [1.29, 1.82) is 0 Å². The maximum atomic E-state index is 13.1. The highest BCUT2D eigenvalue weighted by atomic mass is 19.1. The van der Waals surface area contributed by atoms with Gasteiger partial charge in [-0.25, -0.2) is 4.39 Å². The van der Waals surface area contributed by atoms with Crippen LogP contribution >= 0.6 is 0 Å². The van der Waals surface area contributed by atoms with Crippen molar-refractivity contribution < 1.29 is 9.18 Å². The molecule has 0 fully saturated rings. The summed E-state index contributed by atoms with van der Waals surface area (Å²) in [6, 6.07) is 14.5. The van der Waals surface area contributed by atoms with Crippen LogP contribution in [-0.4, -0.2) is 20.0 Å². The van der Waals surface area contributed by atoms with Crippen molar-refractivity contribution in [3.8, 4) is 0 Å². The molecule has 1 atom stereocenters. The van der Waals surface area contributed by atoms with Gasteiger partial charge in [-0.1, -0.05) is 38.1 Å². The molecule has 1 amide bonds. The Morgan fingerprint density at radius 3 is 2.16 bits per heavy atom. The summed E-state index contributed by atoms with van der Waals surface area (Å²) in [5.74, 6) is -0.0211. The molecule has 0 radical (unpaired) electrons. The van der Waals surface area contributed by atoms with Crippen LogP contribution in [0.15, 0.2) is 48.5 Å². The molecule has 0 aromatic heterocycles. The highest BCUT2D eigenvalue weighted by molar-refractivity contribution is 5.76. The van der Waals surface area contributed by atoms with E-state index in [1.807, 2.05) is 32.8 Å². The molecule has 0 unspecified atom stereocenters. The van der Waals surface area contributed by atoms with Crippen molar-refractivity contribution in [3.63, 3.8) is 0 Å². The number of hydrogen-bond donors (Lipinski definition) is 1. The molecular weight excluding hydrogens is 315 g/mol. The molecule has 0 aliphatic rings. The van der Waals surface area contributed by atoms with Crippen LogP contribution < -0.4 is 10.2 Å². The Bertz CT molecular complexity index is 678. The number of aryl methyl sites for hydroxylation is 1. The average molecular weight is 342 g/mol. The lowest BCUT2D eigenvalue weighted by Crippen LogP contribution is -2.31. The summed E-state index contributed by atoms with van der Waals surface area (Å²) in [5.41, 5.74) is 3.22. The van der Waals surface area contributed by atoms with Crippen LogP contribution in [0.3, 0.4) is 0 Å². The van der Waals surface area contributed by atoms with E-state index in [4.69, 9.17) is 0 Å². The van der Waals surface area contributed by atoms with Crippen LogP contribution in [0.5, 0.6) is 0 Å². The van der Waals surface area contributed by atoms with Crippen molar-refractivity contribution in [2.24, 2.45) is 5.92 Å². The molecule has 0 aliphatic heterocycles. The van der Waals surface area contributed by atoms with E-state index in [0.29, 0.717) is 12.8 Å². The van der Waals surface area contributed by atoms with Gasteiger partial charge in [0.15, 0.2) is 0 Å². The largest absolute Gasteiger partial charge is 0.378 e. The van der Waals surface area contributed by atoms with Crippen LogP contribution in [0, 0.1) is 11.7 Å². The maximum Gasteiger partial charge on any atom is 0.220 e. The van der Waals surface area contributed by atoms with Crippen LogP contribution in [0.4, 0.5) is 10.1 Å². The monoisotopic (exact) mass is 342 g/mol. The fraction of sp³-hybridized carbons (Fsp3) is 0.381. The average Bonchev–Trinajstić information content (AvgIpc) is 2.59. The molecule has 3 nitrogen and oxygen atoms in total. The van der Waals surface area contributed by atoms with Gasteiger partial charge in [0, 0.05) is 26.2 Å². The molecule has 2 aromatic rings. The number of hydrogen-bond acceptors (Lipinski definition) is 2. The summed E-state index contributed by atoms with van der Waals surface area (Å²) < 4.78 is 13.1. The number of nitrogens with zero attached hydrogens (tertiary/aromatic N) is 1. The van der Waals surface area contributed by atoms with Gasteiger partial charge in [-0.15, -0.1) is 0 Å². The summed E-state index contributed by atoms with van der Waals surface area (Å²) in [6.45, 7) is 4.10. The molecule has 1 N–H and O–H groups in total. The number of amides is 1. The molecule has 0 spiro atoms. The second-order valence-corrected chi connectivity index (χ2v) is 6.90. The highest BCUT2D eigenvalue weighted by Gasteiger charge is 2.18. The number of halogens is 1. The number of benzene rings is 2. The molecule has 2 aromatic carbocycles. The van der Waals surface area contributed by atoms with Crippen molar-refractivity contribution >= 4 is 11.6 Å². The zero-order valence-electron chi connectivity index (χ0n) is 15.4. The van der Waals surface area contributed by atoms with Gasteiger partial charge in [0.25, 0.3) is 0 Å². The Morgan fingerprint density at radius 2 is 1.64 bits per heavy atom. The van der Waals surface area contributed by atoms with Crippen molar-refractivity contribution in [2.75, 3.05) is 19.0 Å². The lowest BCUT2D eigenvalue weighted by molar-refractivity contribution is -0.122. The van der Waals surface area contributed by atoms with E-state index < -0.39 is 0 Å². The summed E-state index contributed by atoms with van der Waals surface area (Å²) in [4.78, 5) is 14.4. The minimum absolute atomic E-state index is 0.0136. The standard InChI is InChI=1S/C21H27FN2O/c1-15(2)21(17-8-10-18(22)11-9-17)23-20(25)14-7-16-5-12-19(13-6-16)24(3)4/h5-6,8-13,15,21H,7,14H2,1-4H3,(H,23,25)/t21-/m0/s1. The first-order valence-corrected chi connectivity index (χ1v) is 8.68. The van der Waals surface area contributed by atoms with Gasteiger partial charge in [0.05, 0.1) is 6.04 Å². The van der Waals surface area contributed by atoms with Crippen molar-refractivity contribution in [2.45, 2.75) is 32.7 Å². The Kier molecular flexibility index (Phi) is 6.57. The predicted molar refractivity (Wildman–Crippen MR) is 101 cm³/mol. The second-order valence-electron chi connectivity index (χ2n) is 6.90. The third kappa shape index (κ3) is 5.59. The Labute approximate surface area is 149 Å². The highest BCUT2D eigenvalue weighted by Crippen LogP contribution is 2.22. The van der Waals surface area contributed by atoms with E-state index in [1.54, 1.807) is 12.1 Å².